The summed E-state index contributed by atoms with van der Waals surface area (Å²) in [5, 5.41) is 24.6. The van der Waals surface area contributed by atoms with Crippen LogP contribution < -0.4 is 46.2 Å². The second-order valence-electron chi connectivity index (χ2n) is 36.1. The fourth-order valence-corrected chi connectivity index (χ4v) is 15.9. The lowest BCUT2D eigenvalue weighted by Gasteiger charge is -2.36. The van der Waals surface area contributed by atoms with Crippen LogP contribution >= 0.6 is 0 Å². The van der Waals surface area contributed by atoms with Crippen molar-refractivity contribution in [1.82, 2.24) is 44.4 Å². The predicted octanol–water partition coefficient (Wildman–Crippen LogP) is 21.3. The van der Waals surface area contributed by atoms with Gasteiger partial charge in [0.15, 0.2) is 0 Å². The molecule has 0 spiro atoms. The first-order chi connectivity index (χ1) is 64.2. The Labute approximate surface area is 787 Å². The highest BCUT2D eigenvalue weighted by atomic mass is 16.2. The molecule has 11 aromatic rings. The van der Waals surface area contributed by atoms with Crippen LogP contribution in [0.15, 0.2) is 255 Å². The highest BCUT2D eigenvalue weighted by Crippen LogP contribution is 2.29. The number of pyridine rings is 4. The lowest BCUT2D eigenvalue weighted by Crippen LogP contribution is -2.50. The molecule has 0 bridgehead atoms. The van der Waals surface area contributed by atoms with E-state index in [1.807, 2.05) is 143 Å². The lowest BCUT2D eigenvalue weighted by molar-refractivity contribution is -0.130. The van der Waals surface area contributed by atoms with Gasteiger partial charge in [0.2, 0.25) is 5.91 Å². The summed E-state index contributed by atoms with van der Waals surface area (Å²) in [7, 11) is 0. The highest BCUT2D eigenvalue weighted by Gasteiger charge is 2.28. The molecule has 5 aliphatic heterocycles. The fraction of sp³-hybridized carbons (Fsp3) is 0.358. The Morgan fingerprint density at radius 2 is 0.722 bits per heavy atom. The summed E-state index contributed by atoms with van der Waals surface area (Å²) >= 11 is 0. The molecule has 24 heteroatoms. The van der Waals surface area contributed by atoms with E-state index in [1.54, 1.807) is 23.2 Å². The van der Waals surface area contributed by atoms with Crippen molar-refractivity contribution in [3.8, 4) is 6.07 Å². The molecule has 133 heavy (non-hydrogen) atoms. The Balaban J connectivity index is 0.000000150. The van der Waals surface area contributed by atoms with Crippen LogP contribution in [0.5, 0.6) is 0 Å². The summed E-state index contributed by atoms with van der Waals surface area (Å²) in [6.07, 6.45) is 10.8. The Hall–Kier alpha value is -14.1. The molecule has 9 amide bonds. The van der Waals surface area contributed by atoms with Crippen LogP contribution in [0.2, 0.25) is 0 Å². The second kappa shape index (κ2) is 48.7. The summed E-state index contributed by atoms with van der Waals surface area (Å²) in [5.74, 6) is 5.28. The number of amides is 9. The highest BCUT2D eigenvalue weighted by molar-refractivity contribution is 5.92. The molecule has 5 aliphatic rings. The van der Waals surface area contributed by atoms with Crippen LogP contribution in [-0.4, -0.2) is 192 Å². The van der Waals surface area contributed by atoms with E-state index in [0.717, 1.165) is 129 Å². The third-order valence-electron chi connectivity index (χ3n) is 24.6. The van der Waals surface area contributed by atoms with E-state index in [9.17, 15) is 29.2 Å². The molecule has 9 heterocycles. The number of carbonyl (C=O) groups excluding carboxylic acids is 5. The predicted molar refractivity (Wildman–Crippen MR) is 543 cm³/mol. The molecule has 0 atom stereocenters. The number of piperazine rings is 4. The molecule has 0 unspecified atom stereocenters. The minimum absolute atomic E-state index is 0.0131. The van der Waals surface area contributed by atoms with Crippen molar-refractivity contribution in [2.75, 3.05) is 164 Å². The zero-order valence-electron chi connectivity index (χ0n) is 79.8. The van der Waals surface area contributed by atoms with Gasteiger partial charge in [-0.15, -0.1) is 0 Å². The Bertz CT molecular complexity index is 5440. The monoisotopic (exact) mass is 1790 g/mol. The van der Waals surface area contributed by atoms with Crippen LogP contribution in [0.1, 0.15) is 172 Å². The third kappa shape index (κ3) is 29.5. The number of anilines is 9. The number of aryl methyl sites for hydroxylation is 3. The third-order valence-corrected chi connectivity index (χ3v) is 24.6. The van der Waals surface area contributed by atoms with Gasteiger partial charge in [0, 0.05) is 171 Å². The first kappa shape index (κ1) is 98.0. The zero-order valence-corrected chi connectivity index (χ0v) is 79.8. The van der Waals surface area contributed by atoms with E-state index >= 15 is 0 Å². The summed E-state index contributed by atoms with van der Waals surface area (Å²) in [4.78, 5) is 98.7. The first-order valence-electron chi connectivity index (χ1n) is 46.9. The molecular formula is C109H133N19O5. The van der Waals surface area contributed by atoms with Gasteiger partial charge in [0.05, 0.1) is 29.6 Å². The first-order valence-corrected chi connectivity index (χ1v) is 46.9. The van der Waals surface area contributed by atoms with Gasteiger partial charge >= 0.3 is 24.1 Å². The second-order valence-corrected chi connectivity index (χ2v) is 36.1. The molecule has 5 N–H and O–H groups in total. The van der Waals surface area contributed by atoms with Gasteiger partial charge in [0.25, 0.3) is 0 Å². The smallest absolute Gasteiger partial charge is 0.321 e. The fourth-order valence-electron chi connectivity index (χ4n) is 15.9. The van der Waals surface area contributed by atoms with Gasteiger partial charge in [-0.3, -0.25) is 9.78 Å². The molecular weight excluding hydrogens is 1660 g/mol. The van der Waals surface area contributed by atoms with Gasteiger partial charge in [-0.1, -0.05) is 208 Å². The van der Waals surface area contributed by atoms with E-state index in [-0.39, 0.29) is 30.0 Å². The van der Waals surface area contributed by atoms with Crippen molar-refractivity contribution < 1.29 is 24.0 Å². The van der Waals surface area contributed by atoms with E-state index < -0.39 is 0 Å². The number of nitrogens with one attached hydrogen (secondary N) is 5. The molecule has 4 aromatic heterocycles. The van der Waals surface area contributed by atoms with E-state index in [4.69, 9.17) is 0 Å². The Morgan fingerprint density at radius 1 is 0.346 bits per heavy atom. The zero-order chi connectivity index (χ0) is 94.3. The maximum Gasteiger partial charge on any atom is 0.321 e. The van der Waals surface area contributed by atoms with Gasteiger partial charge in [-0.2, -0.15) is 5.26 Å². The van der Waals surface area contributed by atoms with Crippen LogP contribution in [0, 0.1) is 32.1 Å². The Kier molecular flexibility index (Phi) is 35.9. The summed E-state index contributed by atoms with van der Waals surface area (Å²) in [6, 6.07) is 77.4. The average Bonchev–Trinajstić information content (AvgIpc) is 0.855. The van der Waals surface area contributed by atoms with Crippen LogP contribution in [0.3, 0.4) is 0 Å². The van der Waals surface area contributed by atoms with Crippen LogP contribution in [-0.2, 0) is 17.8 Å². The molecule has 24 nitrogen and oxygen atoms in total. The maximum atomic E-state index is 12.6. The van der Waals surface area contributed by atoms with Gasteiger partial charge in [-0.05, 0) is 209 Å². The van der Waals surface area contributed by atoms with Crippen molar-refractivity contribution in [1.29, 1.82) is 5.26 Å². The van der Waals surface area contributed by atoms with Crippen LogP contribution in [0.4, 0.5) is 70.8 Å². The van der Waals surface area contributed by atoms with E-state index in [1.165, 1.54) is 55.8 Å². The molecule has 4 saturated heterocycles. The molecule has 0 aliphatic carbocycles. The Morgan fingerprint density at radius 3 is 1.09 bits per heavy atom. The molecule has 0 radical (unpaired) electrons. The van der Waals surface area contributed by atoms with Gasteiger partial charge in [0.1, 0.15) is 23.5 Å². The largest absolute Gasteiger partial charge is 0.380 e. The summed E-state index contributed by atoms with van der Waals surface area (Å²) in [5.41, 5.74) is 20.7. The van der Waals surface area contributed by atoms with Gasteiger partial charge < -0.3 is 70.7 Å². The maximum absolute atomic E-state index is 12.6. The van der Waals surface area contributed by atoms with Crippen molar-refractivity contribution in [2.24, 2.45) is 0 Å². The molecule has 16 rings (SSSR count). The molecule has 0 saturated carbocycles. The normalized spacial score (nSPS) is 14.4. The number of hydrogen-bond acceptors (Lipinski definition) is 15. The number of nitrogens with zero attached hydrogens (tertiary/aromatic N) is 14. The number of aromatic nitrogens is 4. The van der Waals surface area contributed by atoms with E-state index in [2.05, 4.69) is 276 Å². The number of nitriles is 1. The quantitative estimate of drug-likeness (QED) is 0.0505. The number of rotatable bonds is 19. The van der Waals surface area contributed by atoms with Crippen molar-refractivity contribution >= 4 is 87.2 Å². The number of urea groups is 4. The molecule has 4 fully saturated rings. The van der Waals surface area contributed by atoms with Crippen molar-refractivity contribution in [2.45, 2.75) is 139 Å². The topological polar surface area (TPSA) is 250 Å². The molecule has 694 valence electrons. The minimum Gasteiger partial charge on any atom is -0.380 e. The van der Waals surface area contributed by atoms with Crippen LogP contribution in [0.25, 0.3) is 5.57 Å². The van der Waals surface area contributed by atoms with Gasteiger partial charge in [-0.25, -0.2) is 34.1 Å². The lowest BCUT2D eigenvalue weighted by atomic mass is 10.00. The summed E-state index contributed by atoms with van der Waals surface area (Å²) < 4.78 is 0. The van der Waals surface area contributed by atoms with Crippen molar-refractivity contribution in [3.63, 3.8) is 0 Å². The number of hydrogen-bond donors (Lipinski definition) is 5. The number of benzene rings is 7. The minimum atomic E-state index is -0.0940. The number of carbonyl (C=O) groups is 5. The van der Waals surface area contributed by atoms with E-state index in [0.29, 0.717) is 106 Å². The molecule has 7 aromatic carbocycles. The van der Waals surface area contributed by atoms with Crippen molar-refractivity contribution in [3.05, 3.63) is 322 Å². The SMILES string of the molecule is CC(C)c1ccc(NC(=O)N2CCN(c3ccc(NCc4ccccc4)cn3)CC2)cc1.CC(C)c1ccc(NC(=O)N2CCN(c3ncccc3C#N)CC2)cc1.Cc1ccc(C2=CCN(C(=O)Cc3ccc(C(C)C)cc3)CC2)nc1.Cc1ccc(N2CCN(C(=O)Nc3ccc(C(C)C)cc3)CC2)cc1.Cc1ccc(N2CCN(C(=O)Nc3ccc(C(C)C)cc3)CC2)nc1. The summed E-state index contributed by atoms with van der Waals surface area (Å²) in [6.45, 7) is 41.6. The average molecular weight is 1790 g/mol. The standard InChI is InChI=1S/C26H31N5O.C22H26N2O.C21H27N3O.C20H23N5O.C20H26N4O/c1-20(2)22-8-10-23(11-9-22)29-26(32)31-16-14-30(15-17-31)25-13-12-24(19-28-25)27-18-21-6-4-3-5-7-21;1-16(2)19-7-5-18(6-8-19)14-22(25)24-12-10-20(11-13-24)21-9-4-17(3)15-23-21;1-16(2)18-6-8-19(9-7-18)22-21(25)24-14-12-23(13-15-24)20-10-4-17(3)5-11-20;1-15(2)16-5-7-18(8-6-16)23-20(26)25-12-10-24(11-13-25)19-17(14-21)4-3-9-22-19;1-15(2)17-5-7-18(8-6-17)22-20(25)24-12-10-23(11-13-24)19-9-4-16(3)14-21-19/h3-13,19-20,27H,14-18H2,1-2H3,(H,29,32);4-10,15-16H,11-14H2,1-3H3;4-11,16H,12-15H2,1-3H3,(H,22,25);3-9,15H,10-13H2,1-2H3,(H,23,26);4-9,14-15H,10-13H2,1-3H3,(H,22,25).